The van der Waals surface area contributed by atoms with Crippen LogP contribution in [0.1, 0.15) is 92.4 Å². The molecule has 0 aromatic heterocycles. The Balaban J connectivity index is 4.01. The van der Waals surface area contributed by atoms with Gasteiger partial charge in [-0.3, -0.25) is 4.90 Å². The molecule has 0 fully saturated rings. The zero-order valence-electron chi connectivity index (χ0n) is 19.1. The number of rotatable bonds is 17. The second-order valence-corrected chi connectivity index (χ2v) is 9.62. The Morgan fingerprint density at radius 1 is 0.815 bits per heavy atom. The molecule has 164 valence electrons. The molecular weight excluding hydrogens is 338 g/mol. The van der Waals surface area contributed by atoms with Crippen molar-refractivity contribution >= 4 is 0 Å². The van der Waals surface area contributed by atoms with Crippen molar-refractivity contribution < 1.29 is 15.3 Å². The highest BCUT2D eigenvalue weighted by atomic mass is 16.3. The van der Waals surface area contributed by atoms with E-state index in [2.05, 4.69) is 27.7 Å². The van der Waals surface area contributed by atoms with Crippen LogP contribution in [0.2, 0.25) is 0 Å². The van der Waals surface area contributed by atoms with Crippen LogP contribution in [-0.4, -0.2) is 58.7 Å². The molecule has 0 saturated carbocycles. The molecule has 0 amide bonds. The van der Waals surface area contributed by atoms with Crippen LogP contribution in [0.3, 0.4) is 0 Å². The zero-order valence-corrected chi connectivity index (χ0v) is 19.1. The normalized spacial score (nSPS) is 17.9. The Hall–Kier alpha value is -0.160. The highest BCUT2D eigenvalue weighted by Gasteiger charge is 2.33. The number of hydrogen-bond acceptors (Lipinski definition) is 4. The SMILES string of the molecule is CC(C)CCCC(C)CCCC(C)CCCC(C)(O)C(CO)N(C)CCO. The van der Waals surface area contributed by atoms with Gasteiger partial charge in [0, 0.05) is 6.54 Å². The van der Waals surface area contributed by atoms with Crippen LogP contribution >= 0.6 is 0 Å². The second-order valence-electron chi connectivity index (χ2n) is 9.62. The maximum atomic E-state index is 10.8. The molecule has 0 radical (unpaired) electrons. The van der Waals surface area contributed by atoms with Gasteiger partial charge in [0.2, 0.25) is 0 Å². The van der Waals surface area contributed by atoms with Crippen LogP contribution in [0.25, 0.3) is 0 Å². The third-order valence-corrected chi connectivity index (χ3v) is 6.13. The van der Waals surface area contributed by atoms with Crippen LogP contribution in [0.4, 0.5) is 0 Å². The number of likely N-dealkylation sites (N-methyl/N-ethyl adjacent to an activating group) is 1. The molecule has 0 saturated heterocycles. The summed E-state index contributed by atoms with van der Waals surface area (Å²) in [6.07, 6.45) is 10.8. The minimum atomic E-state index is -0.927. The maximum Gasteiger partial charge on any atom is 0.0796 e. The van der Waals surface area contributed by atoms with Crippen molar-refractivity contribution in [3.8, 4) is 0 Å². The summed E-state index contributed by atoms with van der Waals surface area (Å²) in [4.78, 5) is 1.85. The van der Waals surface area contributed by atoms with Crippen molar-refractivity contribution in [3.63, 3.8) is 0 Å². The predicted octanol–water partition coefficient (Wildman–Crippen LogP) is 4.46. The summed E-state index contributed by atoms with van der Waals surface area (Å²) in [5.41, 5.74) is -0.927. The number of aliphatic hydroxyl groups is 3. The highest BCUT2D eigenvalue weighted by Crippen LogP contribution is 2.25. The van der Waals surface area contributed by atoms with E-state index in [0.29, 0.717) is 18.9 Å². The van der Waals surface area contributed by atoms with E-state index >= 15 is 0 Å². The van der Waals surface area contributed by atoms with E-state index in [4.69, 9.17) is 5.11 Å². The van der Waals surface area contributed by atoms with E-state index in [0.717, 1.165) is 24.7 Å². The molecule has 0 spiro atoms. The van der Waals surface area contributed by atoms with Gasteiger partial charge >= 0.3 is 0 Å². The van der Waals surface area contributed by atoms with Crippen molar-refractivity contribution in [3.05, 3.63) is 0 Å². The minimum absolute atomic E-state index is 0.0377. The topological polar surface area (TPSA) is 63.9 Å². The van der Waals surface area contributed by atoms with E-state index in [1.807, 2.05) is 18.9 Å². The van der Waals surface area contributed by atoms with Crippen LogP contribution in [-0.2, 0) is 0 Å². The first kappa shape index (κ1) is 26.8. The Kier molecular flexibility index (Phi) is 14.7. The summed E-state index contributed by atoms with van der Waals surface area (Å²) in [5, 5.41) is 29.5. The molecule has 3 N–H and O–H groups in total. The third kappa shape index (κ3) is 12.8. The van der Waals surface area contributed by atoms with Crippen molar-refractivity contribution in [2.45, 2.75) is 104 Å². The predicted molar refractivity (Wildman–Crippen MR) is 116 cm³/mol. The van der Waals surface area contributed by atoms with Gasteiger partial charge in [-0.15, -0.1) is 0 Å². The molecule has 0 aliphatic carbocycles. The molecule has 0 heterocycles. The molecule has 4 heteroatoms. The van der Waals surface area contributed by atoms with Gasteiger partial charge in [0.25, 0.3) is 0 Å². The van der Waals surface area contributed by atoms with Crippen LogP contribution in [0.15, 0.2) is 0 Å². The average Bonchev–Trinajstić information content (AvgIpc) is 2.54. The first-order chi connectivity index (χ1) is 12.6. The number of aliphatic hydroxyl groups excluding tert-OH is 2. The van der Waals surface area contributed by atoms with Gasteiger partial charge < -0.3 is 15.3 Å². The lowest BCUT2D eigenvalue weighted by atomic mass is 9.87. The molecule has 4 atom stereocenters. The Bertz CT molecular complexity index is 347. The van der Waals surface area contributed by atoms with Gasteiger partial charge in [0.1, 0.15) is 0 Å². The molecule has 27 heavy (non-hydrogen) atoms. The molecular formula is C23H49NO3. The zero-order chi connectivity index (χ0) is 20.9. The Morgan fingerprint density at radius 2 is 1.30 bits per heavy atom. The van der Waals surface area contributed by atoms with E-state index in [9.17, 15) is 10.2 Å². The highest BCUT2D eigenvalue weighted by molar-refractivity contribution is 4.88. The smallest absolute Gasteiger partial charge is 0.0796 e. The van der Waals surface area contributed by atoms with Crippen LogP contribution in [0.5, 0.6) is 0 Å². The molecule has 0 aromatic rings. The van der Waals surface area contributed by atoms with Gasteiger partial charge in [-0.1, -0.05) is 79.1 Å². The first-order valence-electron chi connectivity index (χ1n) is 11.3. The minimum Gasteiger partial charge on any atom is -0.395 e. The van der Waals surface area contributed by atoms with Gasteiger partial charge in [0.15, 0.2) is 0 Å². The summed E-state index contributed by atoms with van der Waals surface area (Å²) in [7, 11) is 1.84. The molecule has 0 aliphatic rings. The second kappa shape index (κ2) is 14.8. The fourth-order valence-corrected chi connectivity index (χ4v) is 4.08. The fourth-order valence-electron chi connectivity index (χ4n) is 4.08. The third-order valence-electron chi connectivity index (χ3n) is 6.13. The van der Waals surface area contributed by atoms with Crippen molar-refractivity contribution in [2.75, 3.05) is 26.8 Å². The quantitative estimate of drug-likeness (QED) is 0.345. The largest absolute Gasteiger partial charge is 0.395 e. The molecule has 4 unspecified atom stereocenters. The molecule has 4 nitrogen and oxygen atoms in total. The summed E-state index contributed by atoms with van der Waals surface area (Å²) >= 11 is 0. The van der Waals surface area contributed by atoms with Crippen LogP contribution < -0.4 is 0 Å². The van der Waals surface area contributed by atoms with Crippen molar-refractivity contribution in [2.24, 2.45) is 17.8 Å². The Morgan fingerprint density at radius 3 is 1.74 bits per heavy atom. The molecule has 0 bridgehead atoms. The molecule has 0 aliphatic heterocycles. The van der Waals surface area contributed by atoms with Crippen LogP contribution in [0, 0.1) is 17.8 Å². The lowest BCUT2D eigenvalue weighted by Crippen LogP contribution is -2.52. The lowest BCUT2D eigenvalue weighted by molar-refractivity contribution is -0.0570. The van der Waals surface area contributed by atoms with Gasteiger partial charge in [-0.05, 0) is 38.1 Å². The van der Waals surface area contributed by atoms with E-state index in [-0.39, 0.29) is 19.3 Å². The van der Waals surface area contributed by atoms with Gasteiger partial charge in [0.05, 0.1) is 24.9 Å². The summed E-state index contributed by atoms with van der Waals surface area (Å²) in [5.74, 6) is 2.35. The van der Waals surface area contributed by atoms with Crippen molar-refractivity contribution in [1.82, 2.24) is 4.90 Å². The standard InChI is InChI=1S/C23H49NO3/c1-19(2)10-7-11-20(3)12-8-13-21(4)14-9-15-23(5,27)22(18-26)24(6)16-17-25/h19-22,25-27H,7-18H2,1-6H3. The summed E-state index contributed by atoms with van der Waals surface area (Å²) < 4.78 is 0. The van der Waals surface area contributed by atoms with E-state index in [1.54, 1.807) is 0 Å². The fraction of sp³-hybridized carbons (Fsp3) is 1.00. The Labute approximate surface area is 169 Å². The maximum absolute atomic E-state index is 10.8. The van der Waals surface area contributed by atoms with E-state index < -0.39 is 5.60 Å². The van der Waals surface area contributed by atoms with Gasteiger partial charge in [-0.2, -0.15) is 0 Å². The monoisotopic (exact) mass is 387 g/mol. The number of hydrogen-bond donors (Lipinski definition) is 3. The summed E-state index contributed by atoms with van der Waals surface area (Å²) in [6, 6.07) is -0.327. The average molecular weight is 388 g/mol. The molecule has 0 rings (SSSR count). The molecule has 0 aromatic carbocycles. The van der Waals surface area contributed by atoms with E-state index in [1.165, 1.54) is 38.5 Å². The first-order valence-corrected chi connectivity index (χ1v) is 11.3. The summed E-state index contributed by atoms with van der Waals surface area (Å²) in [6.45, 7) is 11.5. The van der Waals surface area contributed by atoms with Crippen molar-refractivity contribution in [1.29, 1.82) is 0 Å². The van der Waals surface area contributed by atoms with Gasteiger partial charge in [-0.25, -0.2) is 0 Å². The number of nitrogens with zero attached hydrogens (tertiary/aromatic N) is 1. The lowest BCUT2D eigenvalue weighted by Gasteiger charge is -2.38.